The third kappa shape index (κ3) is 3.42. The maximum Gasteiger partial charge on any atom is 0.254 e. The summed E-state index contributed by atoms with van der Waals surface area (Å²) in [5.41, 5.74) is 0.654. The Labute approximate surface area is 111 Å². The first kappa shape index (κ1) is 12.9. The molecule has 0 saturated heterocycles. The molecular formula is C10H11BrINO2. The summed E-state index contributed by atoms with van der Waals surface area (Å²) in [7, 11) is 1.68. The monoisotopic (exact) mass is 383 g/mol. The van der Waals surface area contributed by atoms with Crippen LogP contribution in [0.25, 0.3) is 0 Å². The molecule has 0 aliphatic heterocycles. The fourth-order valence-corrected chi connectivity index (χ4v) is 2.05. The summed E-state index contributed by atoms with van der Waals surface area (Å²) in [6, 6.07) is 5.56. The number of amides is 1. The van der Waals surface area contributed by atoms with Crippen LogP contribution in [-0.2, 0) is 0 Å². The molecule has 0 radical (unpaired) electrons. The SMILES string of the molecule is CN(CCO)C(=O)c1cc(Br)ccc1I. The van der Waals surface area contributed by atoms with Crippen LogP contribution in [0.4, 0.5) is 0 Å². The molecule has 0 aliphatic rings. The van der Waals surface area contributed by atoms with Gasteiger partial charge in [0.05, 0.1) is 12.2 Å². The summed E-state index contributed by atoms with van der Waals surface area (Å²) in [6.07, 6.45) is 0. The van der Waals surface area contributed by atoms with Crippen LogP contribution >= 0.6 is 38.5 Å². The van der Waals surface area contributed by atoms with E-state index in [2.05, 4.69) is 38.5 Å². The van der Waals surface area contributed by atoms with E-state index in [9.17, 15) is 4.79 Å². The van der Waals surface area contributed by atoms with Gasteiger partial charge >= 0.3 is 0 Å². The standard InChI is InChI=1S/C10H11BrINO2/c1-13(4-5-14)10(15)8-6-7(11)2-3-9(8)12/h2-3,6,14H,4-5H2,1H3. The molecule has 0 aliphatic carbocycles. The van der Waals surface area contributed by atoms with Crippen LogP contribution in [0.2, 0.25) is 0 Å². The number of carbonyl (C=O) groups is 1. The molecule has 3 nitrogen and oxygen atoms in total. The molecule has 0 bridgehead atoms. The molecule has 0 fully saturated rings. The van der Waals surface area contributed by atoms with E-state index < -0.39 is 0 Å². The Balaban J connectivity index is 2.95. The first-order chi connectivity index (χ1) is 7.06. The summed E-state index contributed by atoms with van der Waals surface area (Å²) < 4.78 is 1.79. The van der Waals surface area contributed by atoms with Gasteiger partial charge in [0.25, 0.3) is 5.91 Å². The average Bonchev–Trinajstić information content (AvgIpc) is 2.21. The van der Waals surface area contributed by atoms with E-state index in [1.54, 1.807) is 13.1 Å². The highest BCUT2D eigenvalue weighted by Crippen LogP contribution is 2.19. The van der Waals surface area contributed by atoms with Gasteiger partial charge in [-0.15, -0.1) is 0 Å². The molecular weight excluding hydrogens is 373 g/mol. The minimum Gasteiger partial charge on any atom is -0.395 e. The molecule has 0 atom stereocenters. The van der Waals surface area contributed by atoms with Gasteiger partial charge in [0.1, 0.15) is 0 Å². The van der Waals surface area contributed by atoms with Crippen LogP contribution in [0.15, 0.2) is 22.7 Å². The second-order valence-electron chi connectivity index (χ2n) is 3.07. The number of likely N-dealkylation sites (N-methyl/N-ethyl adjacent to an activating group) is 1. The summed E-state index contributed by atoms with van der Waals surface area (Å²) in [4.78, 5) is 13.4. The van der Waals surface area contributed by atoms with Gasteiger partial charge in [0.2, 0.25) is 0 Å². The minimum atomic E-state index is -0.0743. The van der Waals surface area contributed by atoms with Crippen molar-refractivity contribution in [3.8, 4) is 0 Å². The lowest BCUT2D eigenvalue weighted by Gasteiger charge is -2.16. The van der Waals surface area contributed by atoms with E-state index in [1.807, 2.05) is 12.1 Å². The average molecular weight is 384 g/mol. The maximum absolute atomic E-state index is 11.9. The third-order valence-electron chi connectivity index (χ3n) is 1.94. The van der Waals surface area contributed by atoms with Crippen molar-refractivity contribution in [3.05, 3.63) is 31.8 Å². The topological polar surface area (TPSA) is 40.5 Å². The van der Waals surface area contributed by atoms with Crippen molar-refractivity contribution in [2.24, 2.45) is 0 Å². The highest BCUT2D eigenvalue weighted by molar-refractivity contribution is 14.1. The van der Waals surface area contributed by atoms with E-state index in [1.165, 1.54) is 4.90 Å². The zero-order valence-electron chi connectivity index (χ0n) is 8.20. The van der Waals surface area contributed by atoms with Crippen LogP contribution in [0.3, 0.4) is 0 Å². The largest absolute Gasteiger partial charge is 0.395 e. The predicted molar refractivity (Wildman–Crippen MR) is 70.9 cm³/mol. The lowest BCUT2D eigenvalue weighted by molar-refractivity contribution is 0.0766. The van der Waals surface area contributed by atoms with Crippen LogP contribution in [-0.4, -0.2) is 36.1 Å². The molecule has 5 heteroatoms. The lowest BCUT2D eigenvalue weighted by Crippen LogP contribution is -2.30. The van der Waals surface area contributed by atoms with Crippen molar-refractivity contribution in [1.29, 1.82) is 0 Å². The van der Waals surface area contributed by atoms with Crippen molar-refractivity contribution < 1.29 is 9.90 Å². The first-order valence-corrected chi connectivity index (χ1v) is 6.25. The van der Waals surface area contributed by atoms with Gasteiger partial charge in [-0.2, -0.15) is 0 Å². The zero-order valence-corrected chi connectivity index (χ0v) is 11.9. The Bertz CT molecular complexity index is 370. The van der Waals surface area contributed by atoms with E-state index in [0.29, 0.717) is 12.1 Å². The third-order valence-corrected chi connectivity index (χ3v) is 3.37. The number of benzene rings is 1. The van der Waals surface area contributed by atoms with Gasteiger partial charge < -0.3 is 10.0 Å². The molecule has 15 heavy (non-hydrogen) atoms. The van der Waals surface area contributed by atoms with Gasteiger partial charge in [-0.1, -0.05) is 15.9 Å². The normalized spacial score (nSPS) is 10.1. The van der Waals surface area contributed by atoms with Crippen molar-refractivity contribution >= 4 is 44.4 Å². The molecule has 0 aromatic heterocycles. The summed E-state index contributed by atoms with van der Waals surface area (Å²) in [5, 5.41) is 8.75. The van der Waals surface area contributed by atoms with Crippen LogP contribution in [0.1, 0.15) is 10.4 Å². The molecule has 82 valence electrons. The molecule has 1 amide bonds. The number of rotatable bonds is 3. The van der Waals surface area contributed by atoms with E-state index >= 15 is 0 Å². The predicted octanol–water partition coefficient (Wildman–Crippen LogP) is 2.12. The van der Waals surface area contributed by atoms with Crippen LogP contribution in [0.5, 0.6) is 0 Å². The molecule has 1 aromatic carbocycles. The Hall–Kier alpha value is -0.140. The molecule has 0 unspecified atom stereocenters. The number of aliphatic hydroxyl groups is 1. The van der Waals surface area contributed by atoms with Crippen LogP contribution in [0, 0.1) is 3.57 Å². The van der Waals surface area contributed by atoms with Gasteiger partial charge in [-0.3, -0.25) is 4.79 Å². The quantitative estimate of drug-likeness (QED) is 0.812. The van der Waals surface area contributed by atoms with E-state index in [0.717, 1.165) is 8.04 Å². The Morgan fingerprint density at radius 2 is 2.27 bits per heavy atom. The number of halogens is 2. The van der Waals surface area contributed by atoms with Gasteiger partial charge in [-0.05, 0) is 40.8 Å². The number of hydrogen-bond donors (Lipinski definition) is 1. The Morgan fingerprint density at radius 1 is 1.60 bits per heavy atom. The smallest absolute Gasteiger partial charge is 0.254 e. The van der Waals surface area contributed by atoms with Gasteiger partial charge in [0.15, 0.2) is 0 Å². The fourth-order valence-electron chi connectivity index (χ4n) is 1.12. The second kappa shape index (κ2) is 5.81. The fraction of sp³-hybridized carbons (Fsp3) is 0.300. The molecule has 1 rings (SSSR count). The highest BCUT2D eigenvalue weighted by atomic mass is 127. The Kier molecular flexibility index (Phi) is 5.01. The van der Waals surface area contributed by atoms with E-state index in [-0.39, 0.29) is 12.5 Å². The van der Waals surface area contributed by atoms with Crippen molar-refractivity contribution in [2.75, 3.05) is 20.2 Å². The summed E-state index contributed by atoms with van der Waals surface area (Å²) in [5.74, 6) is -0.0743. The van der Waals surface area contributed by atoms with Crippen molar-refractivity contribution in [2.45, 2.75) is 0 Å². The number of hydrogen-bond acceptors (Lipinski definition) is 2. The van der Waals surface area contributed by atoms with Gasteiger partial charge in [-0.25, -0.2) is 0 Å². The van der Waals surface area contributed by atoms with Crippen molar-refractivity contribution in [1.82, 2.24) is 4.90 Å². The minimum absolute atomic E-state index is 0.0210. The summed E-state index contributed by atoms with van der Waals surface area (Å²) >= 11 is 5.45. The molecule has 1 N–H and O–H groups in total. The number of aliphatic hydroxyl groups excluding tert-OH is 1. The molecule has 1 aromatic rings. The zero-order chi connectivity index (χ0) is 11.4. The van der Waals surface area contributed by atoms with Gasteiger partial charge in [0, 0.05) is 21.6 Å². The second-order valence-corrected chi connectivity index (χ2v) is 5.15. The summed E-state index contributed by atoms with van der Waals surface area (Å²) in [6.45, 7) is 0.328. The van der Waals surface area contributed by atoms with E-state index in [4.69, 9.17) is 5.11 Å². The molecule has 0 saturated carbocycles. The first-order valence-electron chi connectivity index (χ1n) is 4.37. The Morgan fingerprint density at radius 3 is 2.87 bits per heavy atom. The van der Waals surface area contributed by atoms with Crippen molar-refractivity contribution in [3.63, 3.8) is 0 Å². The highest BCUT2D eigenvalue weighted by Gasteiger charge is 2.14. The lowest BCUT2D eigenvalue weighted by atomic mass is 10.2. The number of carbonyl (C=O) groups excluding carboxylic acids is 1. The number of nitrogens with zero attached hydrogens (tertiary/aromatic N) is 1. The van der Waals surface area contributed by atoms with Crippen LogP contribution < -0.4 is 0 Å². The molecule has 0 spiro atoms. The maximum atomic E-state index is 11.9. The molecule has 0 heterocycles.